The fourth-order valence-corrected chi connectivity index (χ4v) is 3.17. The fraction of sp³-hybridized carbons (Fsp3) is 0.500. The highest BCUT2D eigenvalue weighted by Crippen LogP contribution is 2.15. The van der Waals surface area contributed by atoms with E-state index in [1.54, 1.807) is 17.8 Å². The number of amides is 1. The number of aliphatic hydroxyl groups is 1. The van der Waals surface area contributed by atoms with Crippen LogP contribution in [0.4, 0.5) is 0 Å². The number of aromatic nitrogens is 2. The van der Waals surface area contributed by atoms with Crippen LogP contribution in [-0.2, 0) is 11.2 Å². The molecule has 136 valence electrons. The molecule has 6 nitrogen and oxygen atoms in total. The van der Waals surface area contributed by atoms with E-state index in [9.17, 15) is 14.7 Å². The molecule has 0 aliphatic rings. The number of fused-ring (bicyclic) bond motifs is 1. The third kappa shape index (κ3) is 4.83. The van der Waals surface area contributed by atoms with Crippen molar-refractivity contribution in [2.45, 2.75) is 38.8 Å². The molecule has 1 heterocycles. The van der Waals surface area contributed by atoms with Crippen molar-refractivity contribution in [2.75, 3.05) is 18.6 Å². The van der Waals surface area contributed by atoms with Gasteiger partial charge in [-0.05, 0) is 38.3 Å². The smallest absolute Gasteiger partial charge is 0.274 e. The number of nitrogens with zero attached hydrogens (tertiary/aromatic N) is 2. The number of hydrogen-bond donors (Lipinski definition) is 2. The first kappa shape index (κ1) is 19.5. The molecule has 0 fully saturated rings. The summed E-state index contributed by atoms with van der Waals surface area (Å²) in [5.74, 6) is 0.664. The van der Waals surface area contributed by atoms with Crippen LogP contribution in [0.5, 0.6) is 0 Å². The Balaban J connectivity index is 2.29. The van der Waals surface area contributed by atoms with Crippen molar-refractivity contribution in [3.8, 4) is 0 Å². The van der Waals surface area contributed by atoms with Crippen molar-refractivity contribution < 1.29 is 9.90 Å². The van der Waals surface area contributed by atoms with Gasteiger partial charge in [-0.1, -0.05) is 18.2 Å². The van der Waals surface area contributed by atoms with Crippen molar-refractivity contribution >= 4 is 28.4 Å². The minimum Gasteiger partial charge on any atom is -0.394 e. The van der Waals surface area contributed by atoms with Gasteiger partial charge in [0.15, 0.2) is 0 Å². The molecular formula is C18H25N3O3S. The lowest BCUT2D eigenvalue weighted by atomic mass is 10.1. The Labute approximate surface area is 151 Å². The van der Waals surface area contributed by atoms with Gasteiger partial charge in [0.1, 0.15) is 0 Å². The molecule has 2 N–H and O–H groups in total. The highest BCUT2D eigenvalue weighted by Gasteiger charge is 2.17. The quantitative estimate of drug-likeness (QED) is 0.746. The highest BCUT2D eigenvalue weighted by atomic mass is 32.2. The maximum absolute atomic E-state index is 12.5. The highest BCUT2D eigenvalue weighted by molar-refractivity contribution is 7.98. The van der Waals surface area contributed by atoms with Crippen LogP contribution in [0, 0.1) is 0 Å². The molecule has 25 heavy (non-hydrogen) atoms. The Morgan fingerprint density at radius 3 is 2.60 bits per heavy atom. The zero-order chi connectivity index (χ0) is 18.4. The molecule has 0 aliphatic carbocycles. The topological polar surface area (TPSA) is 84.2 Å². The molecule has 2 aromatic rings. The maximum atomic E-state index is 12.5. The number of benzene rings is 1. The van der Waals surface area contributed by atoms with Crippen LogP contribution in [0.2, 0.25) is 0 Å². The molecule has 2 rings (SSSR count). The van der Waals surface area contributed by atoms with Crippen molar-refractivity contribution in [1.82, 2.24) is 15.1 Å². The van der Waals surface area contributed by atoms with Crippen molar-refractivity contribution in [3.05, 3.63) is 40.3 Å². The van der Waals surface area contributed by atoms with Gasteiger partial charge in [0, 0.05) is 5.39 Å². The van der Waals surface area contributed by atoms with Crippen LogP contribution in [0.3, 0.4) is 0 Å². The monoisotopic (exact) mass is 363 g/mol. The standard InChI is InChI=1S/C18H25N3O3S/c1-12(2)21-18(24)15-7-5-4-6-14(15)16(20-21)10-17(23)19-13(11-22)8-9-25-3/h4-7,12-13,22H,8-11H2,1-3H3,(H,19,23). The van der Waals surface area contributed by atoms with Gasteiger partial charge in [-0.15, -0.1) is 0 Å². The van der Waals surface area contributed by atoms with Crippen LogP contribution >= 0.6 is 11.8 Å². The third-order valence-corrected chi connectivity index (χ3v) is 4.62. The first-order valence-corrected chi connectivity index (χ1v) is 9.76. The van der Waals surface area contributed by atoms with Gasteiger partial charge in [0.05, 0.1) is 36.2 Å². The summed E-state index contributed by atoms with van der Waals surface area (Å²) in [5.41, 5.74) is 0.422. The lowest BCUT2D eigenvalue weighted by molar-refractivity contribution is -0.121. The van der Waals surface area contributed by atoms with E-state index in [2.05, 4.69) is 10.4 Å². The van der Waals surface area contributed by atoms with Crippen LogP contribution in [0.25, 0.3) is 10.8 Å². The second kappa shape index (κ2) is 9.01. The molecule has 0 aliphatic heterocycles. The summed E-state index contributed by atoms with van der Waals surface area (Å²) >= 11 is 1.67. The Morgan fingerprint density at radius 1 is 1.32 bits per heavy atom. The number of carbonyl (C=O) groups is 1. The predicted molar refractivity (Wildman–Crippen MR) is 102 cm³/mol. The molecule has 1 atom stereocenters. The molecule has 0 saturated heterocycles. The van der Waals surface area contributed by atoms with Crippen molar-refractivity contribution in [2.24, 2.45) is 0 Å². The average molecular weight is 363 g/mol. The molecule has 7 heteroatoms. The minimum atomic E-state index is -0.262. The molecule has 0 saturated carbocycles. The van der Waals surface area contributed by atoms with Gasteiger partial charge in [-0.25, -0.2) is 4.68 Å². The molecule has 0 bridgehead atoms. The van der Waals surface area contributed by atoms with E-state index in [0.29, 0.717) is 22.9 Å². The maximum Gasteiger partial charge on any atom is 0.274 e. The number of thioether (sulfide) groups is 1. The lowest BCUT2D eigenvalue weighted by Crippen LogP contribution is -2.39. The van der Waals surface area contributed by atoms with E-state index < -0.39 is 0 Å². The summed E-state index contributed by atoms with van der Waals surface area (Å²) < 4.78 is 1.42. The van der Waals surface area contributed by atoms with Crippen LogP contribution in [0.15, 0.2) is 29.1 Å². The first-order valence-electron chi connectivity index (χ1n) is 8.37. The van der Waals surface area contributed by atoms with E-state index in [1.165, 1.54) is 4.68 Å². The number of rotatable bonds is 8. The van der Waals surface area contributed by atoms with Gasteiger partial charge in [0.25, 0.3) is 5.56 Å². The van der Waals surface area contributed by atoms with E-state index >= 15 is 0 Å². The average Bonchev–Trinajstić information content (AvgIpc) is 2.60. The van der Waals surface area contributed by atoms with Gasteiger partial charge in [-0.3, -0.25) is 9.59 Å². The minimum absolute atomic E-state index is 0.0727. The summed E-state index contributed by atoms with van der Waals surface area (Å²) in [7, 11) is 0. The second-order valence-corrected chi connectivity index (χ2v) is 7.23. The van der Waals surface area contributed by atoms with Gasteiger partial charge >= 0.3 is 0 Å². The summed E-state index contributed by atoms with van der Waals surface area (Å²) in [6.07, 6.45) is 2.77. The Morgan fingerprint density at radius 2 is 2.00 bits per heavy atom. The van der Waals surface area contributed by atoms with Gasteiger partial charge in [0.2, 0.25) is 5.91 Å². The summed E-state index contributed by atoms with van der Waals surface area (Å²) in [4.78, 5) is 24.9. The van der Waals surface area contributed by atoms with Crippen LogP contribution < -0.4 is 10.9 Å². The third-order valence-electron chi connectivity index (χ3n) is 3.98. The number of nitrogens with one attached hydrogen (secondary N) is 1. The summed E-state index contributed by atoms with van der Waals surface area (Å²) in [6.45, 7) is 3.68. The lowest BCUT2D eigenvalue weighted by Gasteiger charge is -2.17. The largest absolute Gasteiger partial charge is 0.394 e. The Hall–Kier alpha value is -1.86. The fourth-order valence-electron chi connectivity index (χ4n) is 2.65. The normalized spacial score (nSPS) is 12.5. The molecular weight excluding hydrogens is 338 g/mol. The molecule has 1 amide bonds. The van der Waals surface area contributed by atoms with Crippen LogP contribution in [-0.4, -0.2) is 45.5 Å². The Kier molecular flexibility index (Phi) is 7.01. The van der Waals surface area contributed by atoms with E-state index in [4.69, 9.17) is 0 Å². The van der Waals surface area contributed by atoms with Gasteiger partial charge in [-0.2, -0.15) is 16.9 Å². The molecule has 0 radical (unpaired) electrons. The predicted octanol–water partition coefficient (Wildman–Crippen LogP) is 1.75. The SMILES string of the molecule is CSCCC(CO)NC(=O)Cc1nn(C(C)C)c(=O)c2ccccc12. The number of carbonyl (C=O) groups excluding carboxylic acids is 1. The Bertz CT molecular complexity index is 789. The first-order chi connectivity index (χ1) is 12.0. The summed E-state index contributed by atoms with van der Waals surface area (Å²) in [6, 6.07) is 6.86. The number of aliphatic hydroxyl groups excluding tert-OH is 1. The number of hydrogen-bond acceptors (Lipinski definition) is 5. The van der Waals surface area contributed by atoms with Crippen molar-refractivity contribution in [1.29, 1.82) is 0 Å². The molecule has 1 aromatic carbocycles. The molecule has 1 aromatic heterocycles. The second-order valence-electron chi connectivity index (χ2n) is 6.24. The van der Waals surface area contributed by atoms with Crippen LogP contribution in [0.1, 0.15) is 32.0 Å². The zero-order valence-electron chi connectivity index (χ0n) is 14.9. The molecule has 1 unspecified atom stereocenters. The van der Waals surface area contributed by atoms with Gasteiger partial charge < -0.3 is 10.4 Å². The molecule has 0 spiro atoms. The van der Waals surface area contributed by atoms with E-state index in [-0.39, 0.29) is 36.6 Å². The van der Waals surface area contributed by atoms with E-state index in [1.807, 2.05) is 38.3 Å². The van der Waals surface area contributed by atoms with E-state index in [0.717, 1.165) is 5.75 Å². The summed E-state index contributed by atoms with van der Waals surface area (Å²) in [5, 5.41) is 17.9. The van der Waals surface area contributed by atoms with Crippen molar-refractivity contribution in [3.63, 3.8) is 0 Å². The zero-order valence-corrected chi connectivity index (χ0v) is 15.7.